The molecule has 6 heteroatoms. The molecule has 0 bridgehead atoms. The van der Waals surface area contributed by atoms with Gasteiger partial charge in [0.2, 0.25) is 11.8 Å². The Balaban J connectivity index is 1.57. The minimum absolute atomic E-state index is 0.0721. The van der Waals surface area contributed by atoms with Gasteiger partial charge in [-0.25, -0.2) is 0 Å². The van der Waals surface area contributed by atoms with Crippen molar-refractivity contribution in [3.05, 3.63) is 41.5 Å². The number of rotatable bonds is 6. The maximum Gasteiger partial charge on any atom is 0.248 e. The van der Waals surface area contributed by atoms with Crippen LogP contribution in [0.3, 0.4) is 0 Å². The molecule has 0 radical (unpaired) electrons. The predicted octanol–water partition coefficient (Wildman–Crippen LogP) is 3.53. The number of benzene rings is 1. The molecule has 25 heavy (non-hydrogen) atoms. The van der Waals surface area contributed by atoms with Crippen molar-refractivity contribution in [1.29, 1.82) is 0 Å². The van der Waals surface area contributed by atoms with Gasteiger partial charge < -0.3 is 14.7 Å². The first-order valence-corrected chi connectivity index (χ1v) is 8.99. The van der Waals surface area contributed by atoms with Gasteiger partial charge in [0.15, 0.2) is 5.82 Å². The second-order valence-electron chi connectivity index (χ2n) is 6.97. The van der Waals surface area contributed by atoms with Crippen LogP contribution in [0.4, 0.5) is 5.69 Å². The number of carbonyl (C=O) groups excluding carboxylic acids is 1. The summed E-state index contributed by atoms with van der Waals surface area (Å²) in [6.07, 6.45) is 2.72. The van der Waals surface area contributed by atoms with E-state index < -0.39 is 0 Å². The van der Waals surface area contributed by atoms with Crippen LogP contribution in [0.1, 0.15) is 62.9 Å². The highest BCUT2D eigenvalue weighted by Crippen LogP contribution is 2.20. The number of anilines is 1. The molecule has 1 amide bonds. The van der Waals surface area contributed by atoms with Crippen molar-refractivity contribution < 1.29 is 9.32 Å². The van der Waals surface area contributed by atoms with E-state index in [1.165, 1.54) is 0 Å². The average molecular weight is 342 g/mol. The van der Waals surface area contributed by atoms with Gasteiger partial charge in [0.1, 0.15) is 6.04 Å². The minimum Gasteiger partial charge on any atom is -0.374 e. The summed E-state index contributed by atoms with van der Waals surface area (Å²) in [7, 11) is 0. The van der Waals surface area contributed by atoms with Crippen molar-refractivity contribution in [2.24, 2.45) is 0 Å². The van der Waals surface area contributed by atoms with E-state index in [4.69, 9.17) is 4.52 Å². The molecule has 0 saturated carbocycles. The van der Waals surface area contributed by atoms with Gasteiger partial charge in [0, 0.05) is 24.7 Å². The van der Waals surface area contributed by atoms with Crippen LogP contribution < -0.4 is 5.32 Å². The molecule has 2 aromatic rings. The lowest BCUT2D eigenvalue weighted by molar-refractivity contribution is -0.129. The van der Waals surface area contributed by atoms with E-state index in [2.05, 4.69) is 15.5 Å². The van der Waals surface area contributed by atoms with Gasteiger partial charge in [0.25, 0.3) is 0 Å². The Morgan fingerprint density at radius 3 is 2.48 bits per heavy atom. The lowest BCUT2D eigenvalue weighted by atomic mass is 10.1. The standard InChI is InChI=1S/C19H26N4O2/c1-13(2)18-21-19(25-22-18)14(3)20-16-8-6-15(7-9-16)12-17(24)23-10-4-5-11-23/h6-9,13-14,20H,4-5,10-12H2,1-3H3. The number of carbonyl (C=O) groups is 1. The fourth-order valence-corrected chi connectivity index (χ4v) is 2.94. The van der Waals surface area contributed by atoms with Gasteiger partial charge in [-0.3, -0.25) is 4.79 Å². The predicted molar refractivity (Wildman–Crippen MR) is 96.4 cm³/mol. The van der Waals surface area contributed by atoms with Crippen LogP contribution in [0, 0.1) is 0 Å². The van der Waals surface area contributed by atoms with Crippen LogP contribution in [0.2, 0.25) is 0 Å². The fourth-order valence-electron chi connectivity index (χ4n) is 2.94. The van der Waals surface area contributed by atoms with Gasteiger partial charge in [-0.15, -0.1) is 0 Å². The number of hydrogen-bond donors (Lipinski definition) is 1. The molecule has 0 spiro atoms. The first kappa shape index (κ1) is 17.5. The van der Waals surface area contributed by atoms with E-state index in [9.17, 15) is 4.79 Å². The summed E-state index contributed by atoms with van der Waals surface area (Å²) >= 11 is 0. The van der Waals surface area contributed by atoms with E-state index in [0.717, 1.165) is 43.0 Å². The maximum atomic E-state index is 12.2. The minimum atomic E-state index is -0.0721. The number of amides is 1. The van der Waals surface area contributed by atoms with Crippen LogP contribution in [-0.4, -0.2) is 34.0 Å². The molecule has 0 aliphatic carbocycles. The normalized spacial score (nSPS) is 15.6. The quantitative estimate of drug-likeness (QED) is 0.869. The molecule has 1 atom stereocenters. The van der Waals surface area contributed by atoms with Crippen molar-refractivity contribution in [2.75, 3.05) is 18.4 Å². The monoisotopic (exact) mass is 342 g/mol. The summed E-state index contributed by atoms with van der Waals surface area (Å²) in [5.74, 6) is 1.77. The molecule has 1 N–H and O–H groups in total. The molecule has 1 aliphatic rings. The van der Waals surface area contributed by atoms with Gasteiger partial charge in [-0.1, -0.05) is 31.1 Å². The highest BCUT2D eigenvalue weighted by molar-refractivity contribution is 5.79. The summed E-state index contributed by atoms with van der Waals surface area (Å²) in [6, 6.07) is 7.90. The van der Waals surface area contributed by atoms with Gasteiger partial charge >= 0.3 is 0 Å². The van der Waals surface area contributed by atoms with Crippen LogP contribution in [-0.2, 0) is 11.2 Å². The summed E-state index contributed by atoms with van der Waals surface area (Å²) in [6.45, 7) is 7.86. The zero-order chi connectivity index (χ0) is 17.8. The smallest absolute Gasteiger partial charge is 0.248 e. The Hall–Kier alpha value is -2.37. The van der Waals surface area contributed by atoms with Crippen molar-refractivity contribution in [3.8, 4) is 0 Å². The van der Waals surface area contributed by atoms with E-state index in [1.807, 2.05) is 49.9 Å². The number of nitrogens with one attached hydrogen (secondary N) is 1. The Kier molecular flexibility index (Phi) is 5.36. The highest BCUT2D eigenvalue weighted by Gasteiger charge is 2.18. The summed E-state index contributed by atoms with van der Waals surface area (Å²) < 4.78 is 5.32. The summed E-state index contributed by atoms with van der Waals surface area (Å²) in [5, 5.41) is 7.35. The molecule has 6 nitrogen and oxygen atoms in total. The van der Waals surface area contributed by atoms with Crippen molar-refractivity contribution in [1.82, 2.24) is 15.0 Å². The van der Waals surface area contributed by atoms with Crippen LogP contribution >= 0.6 is 0 Å². The molecule has 1 aliphatic heterocycles. The Bertz CT molecular complexity index is 702. The highest BCUT2D eigenvalue weighted by atomic mass is 16.5. The topological polar surface area (TPSA) is 71.3 Å². The third-order valence-electron chi connectivity index (χ3n) is 4.50. The lowest BCUT2D eigenvalue weighted by Crippen LogP contribution is -2.29. The van der Waals surface area contributed by atoms with Crippen LogP contribution in [0.15, 0.2) is 28.8 Å². The molecule has 1 aromatic heterocycles. The third kappa shape index (κ3) is 4.38. The summed E-state index contributed by atoms with van der Waals surface area (Å²) in [4.78, 5) is 18.6. The molecular formula is C19H26N4O2. The largest absolute Gasteiger partial charge is 0.374 e. The van der Waals surface area contributed by atoms with Crippen LogP contribution in [0.5, 0.6) is 0 Å². The molecule has 1 aromatic carbocycles. The zero-order valence-corrected chi connectivity index (χ0v) is 15.2. The Morgan fingerprint density at radius 1 is 1.20 bits per heavy atom. The second kappa shape index (κ2) is 7.68. The molecule has 2 heterocycles. The summed E-state index contributed by atoms with van der Waals surface area (Å²) in [5.41, 5.74) is 2.00. The van der Waals surface area contributed by atoms with Gasteiger partial charge in [-0.05, 0) is 37.5 Å². The Labute approximate surface area is 148 Å². The first-order chi connectivity index (χ1) is 12.0. The van der Waals surface area contributed by atoms with Crippen molar-refractivity contribution >= 4 is 11.6 Å². The van der Waals surface area contributed by atoms with Crippen LogP contribution in [0.25, 0.3) is 0 Å². The Morgan fingerprint density at radius 2 is 1.88 bits per heavy atom. The van der Waals surface area contributed by atoms with E-state index >= 15 is 0 Å². The third-order valence-corrected chi connectivity index (χ3v) is 4.50. The zero-order valence-electron chi connectivity index (χ0n) is 15.2. The number of likely N-dealkylation sites (tertiary alicyclic amines) is 1. The average Bonchev–Trinajstić information content (AvgIpc) is 3.28. The van der Waals surface area contributed by atoms with Gasteiger partial charge in [-0.2, -0.15) is 4.98 Å². The lowest BCUT2D eigenvalue weighted by Gasteiger charge is -2.15. The van der Waals surface area contributed by atoms with Crippen molar-refractivity contribution in [2.45, 2.75) is 52.0 Å². The number of hydrogen-bond acceptors (Lipinski definition) is 5. The fraction of sp³-hybridized carbons (Fsp3) is 0.526. The van der Waals surface area contributed by atoms with E-state index in [0.29, 0.717) is 12.3 Å². The van der Waals surface area contributed by atoms with E-state index in [1.54, 1.807) is 0 Å². The number of nitrogens with zero attached hydrogens (tertiary/aromatic N) is 3. The maximum absolute atomic E-state index is 12.2. The second-order valence-corrected chi connectivity index (χ2v) is 6.97. The van der Waals surface area contributed by atoms with Crippen molar-refractivity contribution in [3.63, 3.8) is 0 Å². The molecular weight excluding hydrogens is 316 g/mol. The molecule has 3 rings (SSSR count). The number of aromatic nitrogens is 2. The molecule has 1 unspecified atom stereocenters. The SMILES string of the molecule is CC(C)c1noc(C(C)Nc2ccc(CC(=O)N3CCCC3)cc2)n1. The van der Waals surface area contributed by atoms with Gasteiger partial charge in [0.05, 0.1) is 6.42 Å². The molecule has 1 saturated heterocycles. The molecule has 1 fully saturated rings. The molecule has 134 valence electrons. The first-order valence-electron chi connectivity index (χ1n) is 8.99. The van der Waals surface area contributed by atoms with E-state index in [-0.39, 0.29) is 17.9 Å².